The van der Waals surface area contributed by atoms with Crippen molar-refractivity contribution in [1.82, 2.24) is 19.5 Å². The van der Waals surface area contributed by atoms with Gasteiger partial charge in [-0.3, -0.25) is 4.57 Å². The third-order valence-electron chi connectivity index (χ3n) is 11.0. The van der Waals surface area contributed by atoms with Gasteiger partial charge in [0.1, 0.15) is 0 Å². The molecule has 0 aliphatic rings. The lowest BCUT2D eigenvalue weighted by molar-refractivity contribution is 0.953. The van der Waals surface area contributed by atoms with E-state index in [1.165, 1.54) is 0 Å². The number of para-hydroxylation sites is 1. The zero-order chi connectivity index (χ0) is 43.5. The molecule has 0 aliphatic heterocycles. The normalized spacial score (nSPS) is 12.6. The number of fused-ring (bicyclic) bond motifs is 4. The predicted octanol–water partition coefficient (Wildman–Crippen LogP) is 14.1. The smallest absolute Gasteiger partial charge is 0.238 e. The topological polar surface area (TPSA) is 43.6 Å². The summed E-state index contributed by atoms with van der Waals surface area (Å²) < 4.78 is 43.5. The van der Waals surface area contributed by atoms with Crippen LogP contribution in [-0.2, 0) is 0 Å². The summed E-state index contributed by atoms with van der Waals surface area (Å²) >= 11 is 0. The van der Waals surface area contributed by atoms with Crippen molar-refractivity contribution in [3.05, 3.63) is 218 Å². The van der Waals surface area contributed by atoms with E-state index in [1.807, 2.05) is 72.8 Å². The highest BCUT2D eigenvalue weighted by Gasteiger charge is 2.19. The molecule has 0 saturated heterocycles. The van der Waals surface area contributed by atoms with Gasteiger partial charge in [0.15, 0.2) is 11.6 Å². The Labute approximate surface area is 349 Å². The van der Waals surface area contributed by atoms with Gasteiger partial charge in [0, 0.05) is 21.9 Å². The highest BCUT2D eigenvalue weighted by Crippen LogP contribution is 2.39. The van der Waals surface area contributed by atoms with Crippen LogP contribution in [0.25, 0.3) is 106 Å². The highest BCUT2D eigenvalue weighted by molar-refractivity contribution is 6.10. The Bertz CT molecular complexity index is 3560. The van der Waals surface area contributed by atoms with Gasteiger partial charge in [0.05, 0.1) is 17.9 Å². The van der Waals surface area contributed by atoms with Crippen LogP contribution in [0.4, 0.5) is 0 Å². The zero-order valence-electron chi connectivity index (χ0n) is 36.7. The second kappa shape index (κ2) is 14.5. The third kappa shape index (κ3) is 6.24. The average Bonchev–Trinajstić information content (AvgIpc) is 3.69. The number of rotatable bonds is 7. The first-order valence-corrected chi connectivity index (χ1v) is 19.5. The lowest BCUT2D eigenvalue weighted by Crippen LogP contribution is -2.06. The maximum Gasteiger partial charge on any atom is 0.238 e. The lowest BCUT2D eigenvalue weighted by Gasteiger charge is -2.14. The molecule has 0 aliphatic carbocycles. The van der Waals surface area contributed by atoms with E-state index in [0.29, 0.717) is 23.2 Å². The van der Waals surface area contributed by atoms with Gasteiger partial charge >= 0.3 is 0 Å². The van der Waals surface area contributed by atoms with E-state index in [4.69, 9.17) is 21.8 Å². The van der Waals surface area contributed by atoms with E-state index >= 15 is 0 Å². The van der Waals surface area contributed by atoms with Crippen molar-refractivity contribution in [3.8, 4) is 73.2 Å². The number of nitrogens with zero attached hydrogens (tertiary/aromatic N) is 4. The van der Waals surface area contributed by atoms with E-state index < -0.39 is 6.04 Å². The number of aromatic nitrogens is 4. The van der Waals surface area contributed by atoms with Gasteiger partial charge in [-0.2, -0.15) is 9.97 Å². The molecule has 9 aromatic carbocycles. The van der Waals surface area contributed by atoms with Crippen LogP contribution in [0.3, 0.4) is 0 Å². The Morgan fingerprint density at radius 2 is 0.864 bits per heavy atom. The molecule has 0 saturated carbocycles. The fourth-order valence-corrected chi connectivity index (χ4v) is 8.14. The van der Waals surface area contributed by atoms with Crippen molar-refractivity contribution in [2.75, 3.05) is 0 Å². The van der Waals surface area contributed by atoms with Gasteiger partial charge < -0.3 is 0 Å². The molecule has 0 fully saturated rings. The van der Waals surface area contributed by atoms with Crippen molar-refractivity contribution in [1.29, 1.82) is 0 Å². The number of benzene rings is 9. The Kier molecular flexibility index (Phi) is 7.22. The summed E-state index contributed by atoms with van der Waals surface area (Å²) in [5, 5.41) is 4.38. The standard InChI is InChI=1S/C55H36N4/c1-4-14-37(15-5-1)39-26-28-40(29-27-39)46-23-12-20-42-21-13-24-47(52(42)46)41-30-32-44(33-31-41)54-56-53(43-18-8-3-9-19-43)57-55(58-54)59-50-25-11-10-22-48(50)49-36-45(34-35-51(49)59)38-16-6-2-7-17-38/h1-36H/i1D,4D,5D,14D,15D. The van der Waals surface area contributed by atoms with E-state index in [-0.39, 0.29) is 29.7 Å². The van der Waals surface area contributed by atoms with Crippen LogP contribution in [-0.4, -0.2) is 19.5 Å². The molecule has 4 nitrogen and oxygen atoms in total. The molecular formula is C55H36N4. The molecule has 0 radical (unpaired) electrons. The molecule has 0 unspecified atom stereocenters. The van der Waals surface area contributed by atoms with E-state index in [2.05, 4.69) is 120 Å². The van der Waals surface area contributed by atoms with Crippen molar-refractivity contribution >= 4 is 32.6 Å². The summed E-state index contributed by atoms with van der Waals surface area (Å²) in [6, 6.07) is 62.3. The van der Waals surface area contributed by atoms with Crippen LogP contribution in [0, 0.1) is 0 Å². The Balaban J connectivity index is 1.01. The van der Waals surface area contributed by atoms with Gasteiger partial charge in [-0.25, -0.2) is 4.98 Å². The van der Waals surface area contributed by atoms with Gasteiger partial charge in [-0.05, 0) is 73.5 Å². The molecule has 0 amide bonds. The molecule has 11 aromatic rings. The lowest BCUT2D eigenvalue weighted by atomic mass is 9.90. The molecule has 11 rings (SSSR count). The number of hydrogen-bond acceptors (Lipinski definition) is 3. The zero-order valence-corrected chi connectivity index (χ0v) is 31.7. The first-order chi connectivity index (χ1) is 31.3. The fourth-order valence-electron chi connectivity index (χ4n) is 8.14. The third-order valence-corrected chi connectivity index (χ3v) is 11.0. The molecule has 59 heavy (non-hydrogen) atoms. The Hall–Kier alpha value is -7.95. The van der Waals surface area contributed by atoms with Crippen molar-refractivity contribution in [2.24, 2.45) is 0 Å². The number of hydrogen-bond donors (Lipinski definition) is 0. The molecule has 276 valence electrons. The quantitative estimate of drug-likeness (QED) is 0.163. The van der Waals surface area contributed by atoms with E-state index in [9.17, 15) is 0 Å². The summed E-state index contributed by atoms with van der Waals surface area (Å²) in [6.07, 6.45) is 0. The second-order valence-corrected chi connectivity index (χ2v) is 14.5. The molecule has 0 spiro atoms. The molecule has 4 heteroatoms. The van der Waals surface area contributed by atoms with E-state index in [0.717, 1.165) is 77.1 Å². The van der Waals surface area contributed by atoms with Crippen LogP contribution < -0.4 is 0 Å². The fraction of sp³-hybridized carbons (Fsp3) is 0. The van der Waals surface area contributed by atoms with Crippen LogP contribution >= 0.6 is 0 Å². The van der Waals surface area contributed by atoms with Gasteiger partial charge in [-0.15, -0.1) is 0 Å². The maximum absolute atomic E-state index is 8.49. The maximum atomic E-state index is 8.49. The summed E-state index contributed by atoms with van der Waals surface area (Å²) in [7, 11) is 0. The first-order valence-electron chi connectivity index (χ1n) is 22.0. The summed E-state index contributed by atoms with van der Waals surface area (Å²) in [4.78, 5) is 15.4. The molecule has 0 N–H and O–H groups in total. The van der Waals surface area contributed by atoms with Crippen LogP contribution in [0.1, 0.15) is 6.85 Å². The summed E-state index contributed by atoms with van der Waals surface area (Å²) in [6.45, 7) is 0. The second-order valence-electron chi connectivity index (χ2n) is 14.5. The van der Waals surface area contributed by atoms with Crippen molar-refractivity contribution in [2.45, 2.75) is 0 Å². The molecule has 2 heterocycles. The molecular weight excluding hydrogens is 717 g/mol. The largest absolute Gasteiger partial charge is 0.278 e. The van der Waals surface area contributed by atoms with E-state index in [1.54, 1.807) is 0 Å². The molecule has 0 bridgehead atoms. The van der Waals surface area contributed by atoms with Gasteiger partial charge in [-0.1, -0.05) is 200 Å². The van der Waals surface area contributed by atoms with Gasteiger partial charge in [0.25, 0.3) is 0 Å². The minimum Gasteiger partial charge on any atom is -0.278 e. The van der Waals surface area contributed by atoms with Crippen molar-refractivity contribution < 1.29 is 6.85 Å². The first kappa shape index (κ1) is 29.3. The van der Waals surface area contributed by atoms with Crippen LogP contribution in [0.15, 0.2) is 218 Å². The summed E-state index contributed by atoms with van der Waals surface area (Å²) in [5.41, 5.74) is 10.8. The van der Waals surface area contributed by atoms with Crippen molar-refractivity contribution in [3.63, 3.8) is 0 Å². The summed E-state index contributed by atoms with van der Waals surface area (Å²) in [5.74, 6) is 1.66. The Morgan fingerprint density at radius 1 is 0.356 bits per heavy atom. The molecule has 0 atom stereocenters. The monoisotopic (exact) mass is 757 g/mol. The predicted molar refractivity (Wildman–Crippen MR) is 244 cm³/mol. The minimum atomic E-state index is -0.404. The minimum absolute atomic E-state index is 0.185. The Morgan fingerprint density at radius 3 is 1.53 bits per heavy atom. The van der Waals surface area contributed by atoms with Crippen LogP contribution in [0.5, 0.6) is 0 Å². The van der Waals surface area contributed by atoms with Crippen LogP contribution in [0.2, 0.25) is 0 Å². The van der Waals surface area contributed by atoms with Gasteiger partial charge in [0.2, 0.25) is 5.95 Å². The SMILES string of the molecule is [2H]c1c([2H])c([2H])c(-c2ccc(-c3cccc4cccc(-c5ccc(-c6nc(-c7ccccc7)nc(-n7c8ccccc8c8cc(-c9ccccc9)ccc87)n6)cc5)c34)cc2)c([2H])c1[2H]. The highest BCUT2D eigenvalue weighted by atomic mass is 15.2. The molecule has 2 aromatic heterocycles. The average molecular weight is 758 g/mol.